The largest absolute Gasteiger partial charge is 0.315 e. The Morgan fingerprint density at radius 1 is 1.33 bits per heavy atom. The molecule has 0 aliphatic carbocycles. The van der Waals surface area contributed by atoms with Crippen molar-refractivity contribution in [2.45, 2.75) is 5.92 Å². The van der Waals surface area contributed by atoms with Gasteiger partial charge < -0.3 is 5.32 Å². The number of benzene rings is 1. The highest BCUT2D eigenvalue weighted by Gasteiger charge is 2.28. The van der Waals surface area contributed by atoms with Crippen molar-refractivity contribution >= 4 is 5.69 Å². The molecule has 0 saturated carbocycles. The Hall–Kier alpha value is -1.56. The molecule has 1 fully saturated rings. The lowest BCUT2D eigenvalue weighted by molar-refractivity contribution is -0.386. The molecule has 0 atom stereocenters. The molecule has 0 unspecified atom stereocenters. The average Bonchev–Trinajstić information content (AvgIpc) is 2.07. The van der Waals surface area contributed by atoms with E-state index in [1.54, 1.807) is 0 Å². The standard InChI is InChI=1S/C9H8F2N2O2/c10-7-1-6(5-3-12-4-5)9(13(14)15)2-8(7)11/h1-2,5,12H,3-4H2. The van der Waals surface area contributed by atoms with Crippen LogP contribution in [0.4, 0.5) is 14.5 Å². The highest BCUT2D eigenvalue weighted by Crippen LogP contribution is 2.30. The van der Waals surface area contributed by atoms with Gasteiger partial charge in [-0.3, -0.25) is 10.1 Å². The van der Waals surface area contributed by atoms with Crippen LogP contribution in [0.15, 0.2) is 12.1 Å². The van der Waals surface area contributed by atoms with Gasteiger partial charge in [0.1, 0.15) is 0 Å². The van der Waals surface area contributed by atoms with Crippen molar-refractivity contribution in [3.8, 4) is 0 Å². The molecular formula is C9H8F2N2O2. The molecule has 15 heavy (non-hydrogen) atoms. The molecular weight excluding hydrogens is 206 g/mol. The molecule has 6 heteroatoms. The third kappa shape index (κ3) is 1.68. The van der Waals surface area contributed by atoms with Crippen LogP contribution >= 0.6 is 0 Å². The molecule has 1 heterocycles. The molecule has 0 bridgehead atoms. The summed E-state index contributed by atoms with van der Waals surface area (Å²) in [5, 5.41) is 13.5. The molecule has 1 aromatic rings. The number of nitro benzene ring substituents is 1. The number of nitro groups is 1. The highest BCUT2D eigenvalue weighted by molar-refractivity contribution is 5.44. The SMILES string of the molecule is O=[N+]([O-])c1cc(F)c(F)cc1C1CNC1. The molecule has 0 radical (unpaired) electrons. The Kier molecular flexibility index (Phi) is 2.36. The second kappa shape index (κ2) is 3.54. The van der Waals surface area contributed by atoms with Gasteiger partial charge >= 0.3 is 0 Å². The summed E-state index contributed by atoms with van der Waals surface area (Å²) in [7, 11) is 0. The summed E-state index contributed by atoms with van der Waals surface area (Å²) in [5.41, 5.74) is -0.0851. The lowest BCUT2D eigenvalue weighted by Crippen LogP contribution is -2.40. The highest BCUT2D eigenvalue weighted by atomic mass is 19.2. The van der Waals surface area contributed by atoms with E-state index in [2.05, 4.69) is 5.32 Å². The van der Waals surface area contributed by atoms with Crippen LogP contribution in [0, 0.1) is 21.7 Å². The molecule has 1 N–H and O–H groups in total. The van der Waals surface area contributed by atoms with Gasteiger partial charge in [0.25, 0.3) is 5.69 Å². The number of halogens is 2. The van der Waals surface area contributed by atoms with Crippen LogP contribution in [0.1, 0.15) is 11.5 Å². The van der Waals surface area contributed by atoms with Crippen LogP contribution in [0.25, 0.3) is 0 Å². The zero-order chi connectivity index (χ0) is 11.0. The van der Waals surface area contributed by atoms with Gasteiger partial charge in [-0.1, -0.05) is 0 Å². The number of rotatable bonds is 2. The minimum absolute atomic E-state index is 0.0968. The lowest BCUT2D eigenvalue weighted by atomic mass is 9.92. The summed E-state index contributed by atoms with van der Waals surface area (Å²) in [6.45, 7) is 1.12. The topological polar surface area (TPSA) is 55.2 Å². The van der Waals surface area contributed by atoms with E-state index in [0.717, 1.165) is 6.07 Å². The van der Waals surface area contributed by atoms with E-state index in [0.29, 0.717) is 19.2 Å². The number of nitrogens with one attached hydrogen (secondary N) is 1. The van der Waals surface area contributed by atoms with Crippen molar-refractivity contribution in [2.24, 2.45) is 0 Å². The predicted molar refractivity (Wildman–Crippen MR) is 48.6 cm³/mol. The van der Waals surface area contributed by atoms with Crippen LogP contribution in [-0.4, -0.2) is 18.0 Å². The molecule has 1 aliphatic rings. The van der Waals surface area contributed by atoms with Crippen molar-refractivity contribution in [3.05, 3.63) is 39.4 Å². The van der Waals surface area contributed by atoms with Crippen LogP contribution in [0.5, 0.6) is 0 Å². The van der Waals surface area contributed by atoms with Gasteiger partial charge in [0.2, 0.25) is 0 Å². The van der Waals surface area contributed by atoms with Gasteiger partial charge in [-0.15, -0.1) is 0 Å². The Morgan fingerprint density at radius 2 is 1.93 bits per heavy atom. The molecule has 0 amide bonds. The molecule has 1 saturated heterocycles. The van der Waals surface area contributed by atoms with E-state index in [9.17, 15) is 18.9 Å². The zero-order valence-corrected chi connectivity index (χ0v) is 7.67. The summed E-state index contributed by atoms with van der Waals surface area (Å²) in [6, 6.07) is 1.56. The third-order valence-corrected chi connectivity index (χ3v) is 2.49. The van der Waals surface area contributed by atoms with E-state index in [-0.39, 0.29) is 17.2 Å². The lowest BCUT2D eigenvalue weighted by Gasteiger charge is -2.27. The Labute approximate surface area is 84.1 Å². The smallest absolute Gasteiger partial charge is 0.276 e. The molecule has 1 aliphatic heterocycles. The van der Waals surface area contributed by atoms with E-state index >= 15 is 0 Å². The fourth-order valence-electron chi connectivity index (χ4n) is 1.55. The van der Waals surface area contributed by atoms with E-state index in [1.165, 1.54) is 0 Å². The van der Waals surface area contributed by atoms with Crippen molar-refractivity contribution in [2.75, 3.05) is 13.1 Å². The van der Waals surface area contributed by atoms with Gasteiger partial charge in [0, 0.05) is 24.6 Å². The normalized spacial score (nSPS) is 16.1. The van der Waals surface area contributed by atoms with E-state index in [4.69, 9.17) is 0 Å². The van der Waals surface area contributed by atoms with Gasteiger partial charge in [0.15, 0.2) is 11.6 Å². The van der Waals surface area contributed by atoms with E-state index < -0.39 is 16.6 Å². The van der Waals surface area contributed by atoms with Gasteiger partial charge in [-0.25, -0.2) is 8.78 Å². The van der Waals surface area contributed by atoms with E-state index in [1.807, 2.05) is 0 Å². The summed E-state index contributed by atoms with van der Waals surface area (Å²) in [4.78, 5) is 9.94. The first kappa shape index (κ1) is 9.97. The minimum atomic E-state index is -1.18. The van der Waals surface area contributed by atoms with Crippen LogP contribution in [-0.2, 0) is 0 Å². The summed E-state index contributed by atoms with van der Waals surface area (Å²) < 4.78 is 25.7. The maximum Gasteiger partial charge on any atom is 0.276 e. The number of nitrogens with zero attached hydrogens (tertiary/aromatic N) is 1. The number of hydrogen-bond donors (Lipinski definition) is 1. The van der Waals surface area contributed by atoms with Gasteiger partial charge in [-0.05, 0) is 6.07 Å². The molecule has 4 nitrogen and oxygen atoms in total. The second-order valence-corrected chi connectivity index (χ2v) is 3.44. The molecule has 1 aromatic carbocycles. The summed E-state index contributed by atoms with van der Waals surface area (Å²) in [5.74, 6) is -2.32. The monoisotopic (exact) mass is 214 g/mol. The average molecular weight is 214 g/mol. The first-order valence-electron chi connectivity index (χ1n) is 4.43. The van der Waals surface area contributed by atoms with Gasteiger partial charge in [-0.2, -0.15) is 0 Å². The summed E-state index contributed by atoms with van der Waals surface area (Å²) >= 11 is 0. The Morgan fingerprint density at radius 3 is 2.40 bits per heavy atom. The third-order valence-electron chi connectivity index (χ3n) is 2.49. The quantitative estimate of drug-likeness (QED) is 0.600. The van der Waals surface area contributed by atoms with Crippen molar-refractivity contribution in [1.82, 2.24) is 5.32 Å². The Bertz CT molecular complexity index is 419. The fraction of sp³-hybridized carbons (Fsp3) is 0.333. The number of hydrogen-bond acceptors (Lipinski definition) is 3. The fourth-order valence-corrected chi connectivity index (χ4v) is 1.55. The first-order chi connectivity index (χ1) is 7.09. The molecule has 80 valence electrons. The predicted octanol–water partition coefficient (Wildman–Crippen LogP) is 1.56. The maximum absolute atomic E-state index is 12.9. The first-order valence-corrected chi connectivity index (χ1v) is 4.43. The molecule has 0 spiro atoms. The molecule has 2 rings (SSSR count). The zero-order valence-electron chi connectivity index (χ0n) is 7.67. The van der Waals surface area contributed by atoms with Crippen molar-refractivity contribution in [1.29, 1.82) is 0 Å². The molecule has 0 aromatic heterocycles. The van der Waals surface area contributed by atoms with Gasteiger partial charge in [0.05, 0.1) is 11.0 Å². The summed E-state index contributed by atoms with van der Waals surface area (Å²) in [6.07, 6.45) is 0. The maximum atomic E-state index is 12.9. The Balaban J connectivity index is 2.49. The van der Waals surface area contributed by atoms with Crippen LogP contribution in [0.2, 0.25) is 0 Å². The van der Waals surface area contributed by atoms with Crippen molar-refractivity contribution < 1.29 is 13.7 Å². The minimum Gasteiger partial charge on any atom is -0.315 e. The van der Waals surface area contributed by atoms with Crippen LogP contribution < -0.4 is 5.32 Å². The van der Waals surface area contributed by atoms with Crippen LogP contribution in [0.3, 0.4) is 0 Å². The second-order valence-electron chi connectivity index (χ2n) is 3.44. The van der Waals surface area contributed by atoms with Crippen molar-refractivity contribution in [3.63, 3.8) is 0 Å².